The Balaban J connectivity index is 1.67. The van der Waals surface area contributed by atoms with Crippen LogP contribution >= 0.6 is 11.8 Å². The van der Waals surface area contributed by atoms with Gasteiger partial charge in [0.05, 0.1) is 6.61 Å². The lowest BCUT2D eigenvalue weighted by atomic mass is 10.2. The Bertz CT molecular complexity index is 849. The molecule has 4 nitrogen and oxygen atoms in total. The number of rotatable bonds is 8. The van der Waals surface area contributed by atoms with Crippen LogP contribution in [-0.4, -0.2) is 21.4 Å². The minimum absolute atomic E-state index is 0.193. The maximum atomic E-state index is 13.7. The van der Waals surface area contributed by atoms with Crippen molar-refractivity contribution in [1.82, 2.24) is 14.8 Å². The third kappa shape index (κ3) is 4.43. The van der Waals surface area contributed by atoms with E-state index in [4.69, 9.17) is 4.74 Å². The minimum Gasteiger partial charge on any atom is -0.494 e. The summed E-state index contributed by atoms with van der Waals surface area (Å²) in [5.74, 6) is 1.96. The van der Waals surface area contributed by atoms with Crippen LogP contribution in [0.2, 0.25) is 0 Å². The quantitative estimate of drug-likeness (QED) is 0.408. The lowest BCUT2D eigenvalue weighted by Crippen LogP contribution is -1.97. The molecule has 0 fully saturated rings. The Morgan fingerprint density at radius 3 is 2.58 bits per heavy atom. The van der Waals surface area contributed by atoms with Crippen LogP contribution in [0.4, 0.5) is 4.39 Å². The van der Waals surface area contributed by atoms with Crippen molar-refractivity contribution in [1.29, 1.82) is 0 Å². The number of unbranched alkanes of at least 4 members (excludes halogenated alkanes) is 1. The van der Waals surface area contributed by atoms with Gasteiger partial charge in [-0.25, -0.2) is 4.39 Å². The molecule has 0 N–H and O–H groups in total. The molecule has 6 heteroatoms. The molecule has 3 aromatic rings. The molecule has 136 valence electrons. The molecule has 0 atom stereocenters. The van der Waals surface area contributed by atoms with E-state index in [9.17, 15) is 4.39 Å². The van der Waals surface area contributed by atoms with Gasteiger partial charge in [-0.3, -0.25) is 0 Å². The largest absolute Gasteiger partial charge is 0.494 e. The van der Waals surface area contributed by atoms with Crippen molar-refractivity contribution in [3.63, 3.8) is 0 Å². The Kier molecular flexibility index (Phi) is 6.28. The first-order valence-corrected chi connectivity index (χ1v) is 9.66. The van der Waals surface area contributed by atoms with E-state index < -0.39 is 0 Å². The van der Waals surface area contributed by atoms with E-state index in [1.165, 1.54) is 17.8 Å². The smallest absolute Gasteiger partial charge is 0.191 e. The normalized spacial score (nSPS) is 10.9. The zero-order valence-electron chi connectivity index (χ0n) is 15.0. The van der Waals surface area contributed by atoms with Crippen LogP contribution in [0, 0.1) is 5.82 Å². The molecule has 0 unspecified atom stereocenters. The van der Waals surface area contributed by atoms with Gasteiger partial charge in [-0.15, -0.1) is 10.2 Å². The molecular weight excluding hydrogens is 349 g/mol. The first kappa shape index (κ1) is 18.5. The standard InChI is InChI=1S/C20H22FN3OS/c1-3-4-13-25-17-11-9-15(10-12-17)19-22-23-20(24(19)2)26-14-16-7-5-6-8-18(16)21/h5-12H,3-4,13-14H2,1-2H3. The fourth-order valence-corrected chi connectivity index (χ4v) is 3.38. The molecule has 0 aliphatic rings. The molecule has 0 bridgehead atoms. The molecular formula is C20H22FN3OS. The van der Waals surface area contributed by atoms with E-state index in [0.717, 1.165) is 41.7 Å². The highest BCUT2D eigenvalue weighted by Crippen LogP contribution is 2.27. The number of benzene rings is 2. The first-order valence-electron chi connectivity index (χ1n) is 8.68. The predicted octanol–water partition coefficient (Wildman–Crippen LogP) is 5.09. The highest BCUT2D eigenvalue weighted by molar-refractivity contribution is 7.98. The van der Waals surface area contributed by atoms with Crippen molar-refractivity contribution in [2.45, 2.75) is 30.7 Å². The third-order valence-electron chi connectivity index (χ3n) is 4.03. The Morgan fingerprint density at radius 1 is 1.08 bits per heavy atom. The summed E-state index contributed by atoms with van der Waals surface area (Å²) in [5, 5.41) is 9.28. The number of aromatic nitrogens is 3. The van der Waals surface area contributed by atoms with Crippen LogP contribution in [0.5, 0.6) is 5.75 Å². The first-order chi connectivity index (χ1) is 12.7. The van der Waals surface area contributed by atoms with Crippen molar-refractivity contribution in [3.05, 3.63) is 59.9 Å². The third-order valence-corrected chi connectivity index (χ3v) is 5.10. The van der Waals surface area contributed by atoms with Crippen LogP contribution < -0.4 is 4.74 Å². The van der Waals surface area contributed by atoms with Gasteiger partial charge in [0.15, 0.2) is 11.0 Å². The van der Waals surface area contributed by atoms with Gasteiger partial charge in [-0.05, 0) is 42.3 Å². The van der Waals surface area contributed by atoms with Crippen LogP contribution in [-0.2, 0) is 12.8 Å². The van der Waals surface area contributed by atoms with Crippen molar-refractivity contribution in [3.8, 4) is 17.1 Å². The van der Waals surface area contributed by atoms with Gasteiger partial charge in [0.2, 0.25) is 0 Å². The van der Waals surface area contributed by atoms with E-state index in [1.807, 2.05) is 41.9 Å². The predicted molar refractivity (Wildman–Crippen MR) is 103 cm³/mol. The summed E-state index contributed by atoms with van der Waals surface area (Å²) in [4.78, 5) is 0. The zero-order valence-corrected chi connectivity index (χ0v) is 15.8. The summed E-state index contributed by atoms with van der Waals surface area (Å²) in [5.41, 5.74) is 1.64. The fraction of sp³-hybridized carbons (Fsp3) is 0.300. The molecule has 0 amide bonds. The van der Waals surface area contributed by atoms with Crippen molar-refractivity contribution in [2.75, 3.05) is 6.61 Å². The van der Waals surface area contributed by atoms with Gasteiger partial charge in [0.25, 0.3) is 0 Å². The molecule has 1 heterocycles. The van der Waals surface area contributed by atoms with Gasteiger partial charge < -0.3 is 9.30 Å². The van der Waals surface area contributed by atoms with E-state index >= 15 is 0 Å². The highest BCUT2D eigenvalue weighted by atomic mass is 32.2. The molecule has 0 aliphatic carbocycles. The Morgan fingerprint density at radius 2 is 1.85 bits per heavy atom. The molecule has 1 aromatic heterocycles. The van der Waals surface area contributed by atoms with E-state index in [0.29, 0.717) is 11.3 Å². The van der Waals surface area contributed by atoms with E-state index in [2.05, 4.69) is 17.1 Å². The average Bonchev–Trinajstić information content (AvgIpc) is 3.02. The number of hydrogen-bond acceptors (Lipinski definition) is 4. The summed E-state index contributed by atoms with van der Waals surface area (Å²) >= 11 is 1.47. The van der Waals surface area contributed by atoms with Crippen molar-refractivity contribution in [2.24, 2.45) is 7.05 Å². The maximum absolute atomic E-state index is 13.7. The SMILES string of the molecule is CCCCOc1ccc(-c2nnc(SCc3ccccc3F)n2C)cc1. The topological polar surface area (TPSA) is 39.9 Å². The van der Waals surface area contributed by atoms with Gasteiger partial charge in [0, 0.05) is 18.4 Å². The summed E-state index contributed by atoms with van der Waals surface area (Å²) in [7, 11) is 1.92. The molecule has 0 saturated carbocycles. The van der Waals surface area contributed by atoms with Gasteiger partial charge in [0.1, 0.15) is 11.6 Å². The number of thioether (sulfide) groups is 1. The van der Waals surface area contributed by atoms with E-state index in [-0.39, 0.29) is 5.82 Å². The summed E-state index contributed by atoms with van der Waals surface area (Å²) in [6.07, 6.45) is 2.16. The molecule has 3 rings (SSSR count). The zero-order chi connectivity index (χ0) is 18.4. The van der Waals surface area contributed by atoms with E-state index in [1.54, 1.807) is 12.1 Å². The second-order valence-corrected chi connectivity index (χ2v) is 6.91. The van der Waals surface area contributed by atoms with Crippen LogP contribution in [0.15, 0.2) is 53.7 Å². The molecule has 0 radical (unpaired) electrons. The maximum Gasteiger partial charge on any atom is 0.191 e. The monoisotopic (exact) mass is 371 g/mol. The van der Waals surface area contributed by atoms with Gasteiger partial charge in [-0.1, -0.05) is 43.3 Å². The Labute approximate surface area is 157 Å². The Hall–Kier alpha value is -2.34. The molecule has 26 heavy (non-hydrogen) atoms. The fourth-order valence-electron chi connectivity index (χ4n) is 2.48. The lowest BCUT2D eigenvalue weighted by Gasteiger charge is -2.07. The number of ether oxygens (including phenoxy) is 1. The summed E-state index contributed by atoms with van der Waals surface area (Å²) in [6.45, 7) is 2.87. The average molecular weight is 371 g/mol. The summed E-state index contributed by atoms with van der Waals surface area (Å²) < 4.78 is 21.4. The van der Waals surface area contributed by atoms with Crippen LogP contribution in [0.1, 0.15) is 25.3 Å². The van der Waals surface area contributed by atoms with Crippen molar-refractivity contribution >= 4 is 11.8 Å². The van der Waals surface area contributed by atoms with Crippen LogP contribution in [0.25, 0.3) is 11.4 Å². The highest BCUT2D eigenvalue weighted by Gasteiger charge is 2.12. The van der Waals surface area contributed by atoms with Gasteiger partial charge in [-0.2, -0.15) is 0 Å². The number of halogens is 1. The number of hydrogen-bond donors (Lipinski definition) is 0. The molecule has 0 saturated heterocycles. The molecule has 0 aliphatic heterocycles. The lowest BCUT2D eigenvalue weighted by molar-refractivity contribution is 0.309. The minimum atomic E-state index is -0.193. The van der Waals surface area contributed by atoms with Gasteiger partial charge >= 0.3 is 0 Å². The van der Waals surface area contributed by atoms with Crippen LogP contribution in [0.3, 0.4) is 0 Å². The van der Waals surface area contributed by atoms with Crippen molar-refractivity contribution < 1.29 is 9.13 Å². The summed E-state index contributed by atoms with van der Waals surface area (Å²) in [6, 6.07) is 14.7. The molecule has 2 aromatic carbocycles. The second-order valence-electron chi connectivity index (χ2n) is 5.97. The molecule has 0 spiro atoms. The second kappa shape index (κ2) is 8.85. The number of nitrogens with zero attached hydrogens (tertiary/aromatic N) is 3.